The molecule has 1 saturated carbocycles. The second-order valence-electron chi connectivity index (χ2n) is 7.31. The van der Waals surface area contributed by atoms with Crippen LogP contribution in [0.4, 0.5) is 0 Å². The lowest BCUT2D eigenvalue weighted by Crippen LogP contribution is -2.51. The van der Waals surface area contributed by atoms with E-state index in [-0.39, 0.29) is 12.0 Å². The SMILES string of the molecule is O=C(NCC1CCC2C1OCCN2CCc1ccccc1)c1cnccn1. The van der Waals surface area contributed by atoms with E-state index in [2.05, 4.69) is 50.5 Å². The molecule has 2 heterocycles. The van der Waals surface area contributed by atoms with E-state index in [1.807, 2.05) is 0 Å². The van der Waals surface area contributed by atoms with Crippen molar-refractivity contribution < 1.29 is 9.53 Å². The van der Waals surface area contributed by atoms with Gasteiger partial charge in [-0.25, -0.2) is 4.98 Å². The van der Waals surface area contributed by atoms with Crippen LogP contribution in [0.25, 0.3) is 0 Å². The van der Waals surface area contributed by atoms with Gasteiger partial charge in [-0.3, -0.25) is 14.7 Å². The van der Waals surface area contributed by atoms with Crippen LogP contribution in [0.3, 0.4) is 0 Å². The van der Waals surface area contributed by atoms with Crippen LogP contribution in [0.1, 0.15) is 28.9 Å². The minimum absolute atomic E-state index is 0.164. The summed E-state index contributed by atoms with van der Waals surface area (Å²) in [5.74, 6) is 0.193. The quantitative estimate of drug-likeness (QED) is 0.846. The highest BCUT2D eigenvalue weighted by Gasteiger charge is 2.42. The molecule has 4 rings (SSSR count). The Morgan fingerprint density at radius 3 is 2.93 bits per heavy atom. The molecule has 1 amide bonds. The van der Waals surface area contributed by atoms with E-state index >= 15 is 0 Å². The Morgan fingerprint density at radius 1 is 1.22 bits per heavy atom. The van der Waals surface area contributed by atoms with Crippen LogP contribution in [0.5, 0.6) is 0 Å². The van der Waals surface area contributed by atoms with Crippen LogP contribution in [-0.4, -0.2) is 59.2 Å². The fraction of sp³-hybridized carbons (Fsp3) is 0.476. The zero-order valence-electron chi connectivity index (χ0n) is 15.5. The van der Waals surface area contributed by atoms with E-state index in [9.17, 15) is 4.79 Å². The zero-order chi connectivity index (χ0) is 18.5. The molecular weight excluding hydrogens is 340 g/mol. The largest absolute Gasteiger partial charge is 0.375 e. The lowest BCUT2D eigenvalue weighted by molar-refractivity contribution is -0.0723. The van der Waals surface area contributed by atoms with Crippen LogP contribution >= 0.6 is 0 Å². The molecule has 6 heteroatoms. The maximum absolute atomic E-state index is 12.2. The average Bonchev–Trinajstić information content (AvgIpc) is 3.15. The maximum atomic E-state index is 12.2. The first-order chi connectivity index (χ1) is 13.3. The van der Waals surface area contributed by atoms with Crippen LogP contribution < -0.4 is 5.32 Å². The lowest BCUT2D eigenvalue weighted by Gasteiger charge is -2.39. The molecule has 2 aromatic rings. The van der Waals surface area contributed by atoms with E-state index in [4.69, 9.17) is 4.74 Å². The Hall–Kier alpha value is -2.31. The number of carbonyl (C=O) groups is 1. The molecule has 3 unspecified atom stereocenters. The van der Waals surface area contributed by atoms with Gasteiger partial charge in [-0.05, 0) is 24.8 Å². The third-order valence-corrected chi connectivity index (χ3v) is 5.69. The fourth-order valence-corrected chi connectivity index (χ4v) is 4.28. The van der Waals surface area contributed by atoms with E-state index in [0.29, 0.717) is 24.2 Å². The number of rotatable bonds is 6. The number of hydrogen-bond acceptors (Lipinski definition) is 5. The molecule has 1 aromatic carbocycles. The molecular formula is C21H26N4O2. The van der Waals surface area contributed by atoms with E-state index in [1.165, 1.54) is 18.0 Å². The summed E-state index contributed by atoms with van der Waals surface area (Å²) >= 11 is 0. The van der Waals surface area contributed by atoms with Crippen molar-refractivity contribution in [2.75, 3.05) is 26.2 Å². The fourth-order valence-electron chi connectivity index (χ4n) is 4.28. The molecule has 3 atom stereocenters. The van der Waals surface area contributed by atoms with Gasteiger partial charge in [0, 0.05) is 44.0 Å². The number of fused-ring (bicyclic) bond motifs is 1. The number of aromatic nitrogens is 2. The first kappa shape index (κ1) is 18.1. The van der Waals surface area contributed by atoms with Crippen molar-refractivity contribution in [3.63, 3.8) is 0 Å². The molecule has 2 aliphatic rings. The number of ether oxygens (including phenoxy) is 1. The predicted molar refractivity (Wildman–Crippen MR) is 102 cm³/mol. The molecule has 2 fully saturated rings. The predicted octanol–water partition coefficient (Wildman–Crippen LogP) is 1.93. The first-order valence-electron chi connectivity index (χ1n) is 9.75. The van der Waals surface area contributed by atoms with Crippen molar-refractivity contribution in [3.05, 3.63) is 60.2 Å². The second-order valence-corrected chi connectivity index (χ2v) is 7.31. The van der Waals surface area contributed by atoms with Gasteiger partial charge in [0.05, 0.1) is 18.9 Å². The molecule has 1 aromatic heterocycles. The number of amides is 1. The van der Waals surface area contributed by atoms with E-state index < -0.39 is 0 Å². The third kappa shape index (κ3) is 4.34. The van der Waals surface area contributed by atoms with Crippen LogP contribution in [0.2, 0.25) is 0 Å². The zero-order valence-corrected chi connectivity index (χ0v) is 15.5. The Labute approximate surface area is 160 Å². The summed E-state index contributed by atoms with van der Waals surface area (Å²) in [6.45, 7) is 3.45. The van der Waals surface area contributed by atoms with Gasteiger partial charge in [-0.15, -0.1) is 0 Å². The summed E-state index contributed by atoms with van der Waals surface area (Å²) in [5.41, 5.74) is 1.74. The van der Waals surface area contributed by atoms with E-state index in [1.54, 1.807) is 6.20 Å². The highest BCUT2D eigenvalue weighted by atomic mass is 16.5. The summed E-state index contributed by atoms with van der Waals surface area (Å²) in [5, 5.41) is 3.01. The first-order valence-corrected chi connectivity index (χ1v) is 9.75. The van der Waals surface area contributed by atoms with Crippen LogP contribution in [0.15, 0.2) is 48.9 Å². The van der Waals surface area contributed by atoms with Gasteiger partial charge in [-0.2, -0.15) is 0 Å². The number of hydrogen-bond donors (Lipinski definition) is 1. The second kappa shape index (κ2) is 8.59. The summed E-state index contributed by atoms with van der Waals surface area (Å²) < 4.78 is 6.11. The molecule has 1 aliphatic carbocycles. The van der Waals surface area contributed by atoms with Crippen molar-refractivity contribution in [2.45, 2.75) is 31.4 Å². The summed E-state index contributed by atoms with van der Waals surface area (Å²) in [7, 11) is 0. The number of nitrogens with zero attached hydrogens (tertiary/aromatic N) is 3. The van der Waals surface area contributed by atoms with E-state index in [0.717, 1.165) is 39.0 Å². The van der Waals surface area contributed by atoms with Gasteiger partial charge >= 0.3 is 0 Å². The van der Waals surface area contributed by atoms with Gasteiger partial charge in [0.15, 0.2) is 0 Å². The minimum Gasteiger partial charge on any atom is -0.375 e. The van der Waals surface area contributed by atoms with Crippen molar-refractivity contribution in [3.8, 4) is 0 Å². The number of carbonyl (C=O) groups excluding carboxylic acids is 1. The normalized spacial score (nSPS) is 25.1. The molecule has 27 heavy (non-hydrogen) atoms. The molecule has 6 nitrogen and oxygen atoms in total. The molecule has 0 bridgehead atoms. The molecule has 1 saturated heterocycles. The number of morpholine rings is 1. The van der Waals surface area contributed by atoms with Gasteiger partial charge in [0.25, 0.3) is 5.91 Å². The molecule has 142 valence electrons. The Balaban J connectivity index is 1.30. The molecule has 1 aliphatic heterocycles. The monoisotopic (exact) mass is 366 g/mol. The Bertz CT molecular complexity index is 740. The highest BCUT2D eigenvalue weighted by Crippen LogP contribution is 2.34. The topological polar surface area (TPSA) is 67.3 Å². The number of benzene rings is 1. The summed E-state index contributed by atoms with van der Waals surface area (Å²) in [6, 6.07) is 11.1. The van der Waals surface area contributed by atoms with Crippen molar-refractivity contribution >= 4 is 5.91 Å². The minimum atomic E-state index is -0.164. The van der Waals surface area contributed by atoms with Gasteiger partial charge < -0.3 is 10.1 Å². The third-order valence-electron chi connectivity index (χ3n) is 5.69. The van der Waals surface area contributed by atoms with Crippen molar-refractivity contribution in [1.82, 2.24) is 20.2 Å². The molecule has 0 spiro atoms. The van der Waals surface area contributed by atoms with Gasteiger partial charge in [-0.1, -0.05) is 30.3 Å². The lowest BCUT2D eigenvalue weighted by atomic mass is 10.0. The van der Waals surface area contributed by atoms with Crippen LogP contribution in [0, 0.1) is 5.92 Å². The highest BCUT2D eigenvalue weighted by molar-refractivity contribution is 5.91. The standard InChI is InChI=1S/C21H26N4O2/c26-21(18-15-22-9-10-23-18)24-14-17-6-7-19-20(17)27-13-12-25(19)11-8-16-4-2-1-3-5-16/h1-5,9-10,15,17,19-20H,6-8,11-14H2,(H,24,26). The summed E-state index contributed by atoms with van der Waals surface area (Å²) in [6.07, 6.45) is 8.08. The Kier molecular flexibility index (Phi) is 5.75. The molecule has 0 radical (unpaired) electrons. The smallest absolute Gasteiger partial charge is 0.271 e. The van der Waals surface area contributed by atoms with Crippen molar-refractivity contribution in [2.24, 2.45) is 5.92 Å². The van der Waals surface area contributed by atoms with Gasteiger partial charge in [0.2, 0.25) is 0 Å². The average molecular weight is 366 g/mol. The summed E-state index contributed by atoms with van der Waals surface area (Å²) in [4.78, 5) is 22.8. The maximum Gasteiger partial charge on any atom is 0.271 e. The van der Waals surface area contributed by atoms with Gasteiger partial charge in [0.1, 0.15) is 5.69 Å². The molecule has 1 N–H and O–H groups in total. The van der Waals surface area contributed by atoms with Crippen molar-refractivity contribution in [1.29, 1.82) is 0 Å². The Morgan fingerprint density at radius 2 is 2.11 bits per heavy atom. The van der Waals surface area contributed by atoms with Crippen LogP contribution in [-0.2, 0) is 11.2 Å². The number of nitrogens with one attached hydrogen (secondary N) is 1.